The molecule has 0 bridgehead atoms. The lowest BCUT2D eigenvalue weighted by Crippen LogP contribution is -2.39. The molecule has 17 heavy (non-hydrogen) atoms. The Kier molecular flexibility index (Phi) is 5.80. The summed E-state index contributed by atoms with van der Waals surface area (Å²) in [5, 5.41) is 6.44. The monoisotopic (exact) mass is 256 g/mol. The molecule has 0 spiro atoms. The predicted molar refractivity (Wildman–Crippen MR) is 69.4 cm³/mol. The lowest BCUT2D eigenvalue weighted by Gasteiger charge is -2.13. The fourth-order valence-corrected chi connectivity index (χ4v) is 1.59. The summed E-state index contributed by atoms with van der Waals surface area (Å²) in [6, 6.07) is 7.25. The number of methoxy groups -OCH3 is 1. The number of benzene rings is 1. The van der Waals surface area contributed by atoms with Crippen LogP contribution in [0.3, 0.4) is 0 Å². The van der Waals surface area contributed by atoms with Crippen molar-refractivity contribution < 1.29 is 9.53 Å². The molecule has 0 aliphatic heterocycles. The summed E-state index contributed by atoms with van der Waals surface area (Å²) >= 11 is 5.83. The molecular formula is C12H17ClN2O2. The van der Waals surface area contributed by atoms with E-state index in [0.29, 0.717) is 11.6 Å². The number of rotatable bonds is 6. The number of halogens is 1. The molecule has 1 amide bonds. The quantitative estimate of drug-likeness (QED) is 0.817. The van der Waals surface area contributed by atoms with Gasteiger partial charge in [0.1, 0.15) is 0 Å². The molecular weight excluding hydrogens is 240 g/mol. The van der Waals surface area contributed by atoms with E-state index in [1.807, 2.05) is 19.1 Å². The van der Waals surface area contributed by atoms with Gasteiger partial charge < -0.3 is 15.4 Å². The minimum atomic E-state index is -0.0745. The third-order valence-electron chi connectivity index (χ3n) is 2.10. The second-order valence-corrected chi connectivity index (χ2v) is 4.22. The van der Waals surface area contributed by atoms with Crippen LogP contribution in [0.2, 0.25) is 5.02 Å². The van der Waals surface area contributed by atoms with Crippen LogP contribution in [0.25, 0.3) is 0 Å². The zero-order valence-electron chi connectivity index (χ0n) is 10.00. The number of amides is 1. The Bertz CT molecular complexity index is 371. The first-order valence-electron chi connectivity index (χ1n) is 5.39. The topological polar surface area (TPSA) is 50.4 Å². The molecule has 0 saturated heterocycles. The van der Waals surface area contributed by atoms with Crippen molar-refractivity contribution >= 4 is 23.2 Å². The largest absolute Gasteiger partial charge is 0.383 e. The van der Waals surface area contributed by atoms with E-state index in [1.54, 1.807) is 19.2 Å². The smallest absolute Gasteiger partial charge is 0.239 e. The lowest BCUT2D eigenvalue weighted by molar-refractivity contribution is -0.120. The van der Waals surface area contributed by atoms with Gasteiger partial charge >= 0.3 is 0 Å². The third kappa shape index (κ3) is 5.56. The number of carbonyl (C=O) groups excluding carboxylic acids is 1. The van der Waals surface area contributed by atoms with Gasteiger partial charge in [-0.25, -0.2) is 0 Å². The van der Waals surface area contributed by atoms with Crippen LogP contribution in [0.15, 0.2) is 24.3 Å². The molecule has 2 N–H and O–H groups in total. The maximum atomic E-state index is 11.5. The molecule has 4 nitrogen and oxygen atoms in total. The van der Waals surface area contributed by atoms with Crippen molar-refractivity contribution in [2.24, 2.45) is 0 Å². The molecule has 94 valence electrons. The van der Waals surface area contributed by atoms with Crippen LogP contribution in [-0.2, 0) is 9.53 Å². The zero-order valence-corrected chi connectivity index (χ0v) is 10.8. The summed E-state index contributed by atoms with van der Waals surface area (Å²) in [6.07, 6.45) is 0. The number of hydrogen-bond acceptors (Lipinski definition) is 3. The Balaban J connectivity index is 2.33. The molecule has 1 atom stereocenters. The van der Waals surface area contributed by atoms with Gasteiger partial charge in [0.25, 0.3) is 0 Å². The normalized spacial score (nSPS) is 11.9. The molecule has 0 saturated carbocycles. The highest BCUT2D eigenvalue weighted by molar-refractivity contribution is 6.30. The molecule has 0 aliphatic carbocycles. The molecule has 5 heteroatoms. The Labute approximate surface area is 106 Å². The summed E-state index contributed by atoms with van der Waals surface area (Å²) in [6.45, 7) is 2.61. The fourth-order valence-electron chi connectivity index (χ4n) is 1.40. The van der Waals surface area contributed by atoms with Crippen molar-refractivity contribution in [3.8, 4) is 0 Å². The van der Waals surface area contributed by atoms with Crippen LogP contribution < -0.4 is 10.6 Å². The van der Waals surface area contributed by atoms with Crippen molar-refractivity contribution in [2.75, 3.05) is 25.6 Å². The fraction of sp³-hybridized carbons (Fsp3) is 0.417. The molecule has 0 fully saturated rings. The van der Waals surface area contributed by atoms with E-state index in [1.165, 1.54) is 0 Å². The summed E-state index contributed by atoms with van der Waals surface area (Å²) in [4.78, 5) is 11.5. The van der Waals surface area contributed by atoms with E-state index in [-0.39, 0.29) is 18.5 Å². The Morgan fingerprint density at radius 1 is 1.53 bits per heavy atom. The van der Waals surface area contributed by atoms with Crippen LogP contribution in [0.4, 0.5) is 5.69 Å². The van der Waals surface area contributed by atoms with Crippen LogP contribution in [0.1, 0.15) is 6.92 Å². The number of ether oxygens (including phenoxy) is 1. The second kappa shape index (κ2) is 7.14. The van der Waals surface area contributed by atoms with Crippen molar-refractivity contribution in [1.82, 2.24) is 5.32 Å². The standard InChI is InChI=1S/C12H17ClN2O2/c1-9(8-17-2)15-12(16)7-14-11-5-3-4-10(13)6-11/h3-6,9,14H,7-8H2,1-2H3,(H,15,16). The molecule has 0 heterocycles. The molecule has 1 aromatic carbocycles. The highest BCUT2D eigenvalue weighted by Gasteiger charge is 2.06. The van der Waals surface area contributed by atoms with Gasteiger partial charge in [-0.05, 0) is 25.1 Å². The van der Waals surface area contributed by atoms with E-state index in [9.17, 15) is 4.79 Å². The average Bonchev–Trinajstić information content (AvgIpc) is 2.27. The Morgan fingerprint density at radius 3 is 2.94 bits per heavy atom. The first-order chi connectivity index (χ1) is 8.11. The van der Waals surface area contributed by atoms with Crippen molar-refractivity contribution in [2.45, 2.75) is 13.0 Å². The Morgan fingerprint density at radius 2 is 2.29 bits per heavy atom. The van der Waals surface area contributed by atoms with Crippen molar-refractivity contribution in [3.05, 3.63) is 29.3 Å². The SMILES string of the molecule is COCC(C)NC(=O)CNc1cccc(Cl)c1. The number of nitrogens with one attached hydrogen (secondary N) is 2. The van der Waals surface area contributed by atoms with Crippen LogP contribution in [0, 0.1) is 0 Å². The minimum Gasteiger partial charge on any atom is -0.383 e. The summed E-state index contributed by atoms with van der Waals surface area (Å²) in [5.74, 6) is -0.0745. The van der Waals surface area contributed by atoms with Gasteiger partial charge in [-0.2, -0.15) is 0 Å². The zero-order chi connectivity index (χ0) is 12.7. The van der Waals surface area contributed by atoms with Crippen molar-refractivity contribution in [3.63, 3.8) is 0 Å². The highest BCUT2D eigenvalue weighted by Crippen LogP contribution is 2.14. The van der Waals surface area contributed by atoms with Gasteiger partial charge in [0, 0.05) is 23.9 Å². The van der Waals surface area contributed by atoms with E-state index in [0.717, 1.165) is 5.69 Å². The van der Waals surface area contributed by atoms with Crippen LogP contribution in [0.5, 0.6) is 0 Å². The Hall–Kier alpha value is -1.26. The molecule has 0 aliphatic rings. The van der Waals surface area contributed by atoms with E-state index < -0.39 is 0 Å². The minimum absolute atomic E-state index is 0.00802. The molecule has 0 aromatic heterocycles. The van der Waals surface area contributed by atoms with Gasteiger partial charge in [0.2, 0.25) is 5.91 Å². The molecule has 1 aromatic rings. The van der Waals surface area contributed by atoms with Gasteiger partial charge in [-0.15, -0.1) is 0 Å². The number of anilines is 1. The molecule has 0 radical (unpaired) electrons. The first-order valence-corrected chi connectivity index (χ1v) is 5.77. The van der Waals surface area contributed by atoms with Gasteiger partial charge in [-0.1, -0.05) is 17.7 Å². The van der Waals surface area contributed by atoms with Gasteiger partial charge in [0.15, 0.2) is 0 Å². The van der Waals surface area contributed by atoms with Crippen LogP contribution in [-0.4, -0.2) is 32.2 Å². The highest BCUT2D eigenvalue weighted by atomic mass is 35.5. The van der Waals surface area contributed by atoms with Crippen molar-refractivity contribution in [1.29, 1.82) is 0 Å². The molecule has 1 rings (SSSR count). The summed E-state index contributed by atoms with van der Waals surface area (Å²) in [5.41, 5.74) is 0.826. The molecule has 1 unspecified atom stereocenters. The van der Waals surface area contributed by atoms with Crippen LogP contribution >= 0.6 is 11.6 Å². The van der Waals surface area contributed by atoms with Gasteiger partial charge in [0.05, 0.1) is 13.2 Å². The summed E-state index contributed by atoms with van der Waals surface area (Å²) in [7, 11) is 1.60. The van der Waals surface area contributed by atoms with E-state index in [4.69, 9.17) is 16.3 Å². The maximum Gasteiger partial charge on any atom is 0.239 e. The predicted octanol–water partition coefficient (Wildman–Crippen LogP) is 1.90. The third-order valence-corrected chi connectivity index (χ3v) is 2.34. The maximum absolute atomic E-state index is 11.5. The number of carbonyl (C=O) groups is 1. The lowest BCUT2D eigenvalue weighted by atomic mass is 10.3. The first kappa shape index (κ1) is 13.8. The summed E-state index contributed by atoms with van der Waals surface area (Å²) < 4.78 is 4.93. The van der Waals surface area contributed by atoms with E-state index in [2.05, 4.69) is 10.6 Å². The van der Waals surface area contributed by atoms with E-state index >= 15 is 0 Å². The second-order valence-electron chi connectivity index (χ2n) is 3.79. The number of hydrogen-bond donors (Lipinski definition) is 2. The van der Waals surface area contributed by atoms with Gasteiger partial charge in [-0.3, -0.25) is 4.79 Å². The average molecular weight is 257 g/mol.